The Bertz CT molecular complexity index is 409. The first-order valence-electron chi connectivity index (χ1n) is 6.03. The number of carbonyl (C=O) groups excluding carboxylic acids is 1. The van der Waals surface area contributed by atoms with Gasteiger partial charge in [0.25, 0.3) is 0 Å². The molecule has 1 atom stereocenters. The van der Waals surface area contributed by atoms with Gasteiger partial charge in [-0.3, -0.25) is 9.69 Å². The van der Waals surface area contributed by atoms with E-state index in [-0.39, 0.29) is 11.9 Å². The van der Waals surface area contributed by atoms with Gasteiger partial charge in [-0.05, 0) is 47.4 Å². The lowest BCUT2D eigenvalue weighted by Gasteiger charge is -2.29. The summed E-state index contributed by atoms with van der Waals surface area (Å²) >= 11 is 3.30. The Morgan fingerprint density at radius 1 is 1.61 bits per heavy atom. The molecule has 1 saturated heterocycles. The second-order valence-corrected chi connectivity index (χ2v) is 5.46. The fraction of sp³-hybridized carbons (Fsp3) is 0.500. The molecule has 2 rings (SSSR count). The minimum Gasteiger partial charge on any atom is -0.327 e. The van der Waals surface area contributed by atoms with Crippen molar-refractivity contribution in [2.75, 3.05) is 25.0 Å². The summed E-state index contributed by atoms with van der Waals surface area (Å²) in [6.07, 6.45) is 3.77. The van der Waals surface area contributed by atoms with Crippen LogP contribution in [0.2, 0.25) is 0 Å². The Labute approximate surface area is 115 Å². The molecule has 0 radical (unpaired) electrons. The van der Waals surface area contributed by atoms with Crippen LogP contribution in [0, 0.1) is 0 Å². The van der Waals surface area contributed by atoms with Crippen LogP contribution < -0.4 is 11.1 Å². The predicted molar refractivity (Wildman–Crippen MR) is 74.2 cm³/mol. The number of likely N-dealkylation sites (tertiary alicyclic amines) is 1. The Morgan fingerprint density at radius 3 is 3.11 bits per heavy atom. The number of hydrogen-bond acceptors (Lipinski definition) is 4. The molecule has 98 valence electrons. The highest BCUT2D eigenvalue weighted by atomic mass is 79.9. The van der Waals surface area contributed by atoms with Gasteiger partial charge in [-0.1, -0.05) is 0 Å². The van der Waals surface area contributed by atoms with Crippen LogP contribution in [0.1, 0.15) is 12.8 Å². The molecular weight excluding hydrogens is 296 g/mol. The minimum absolute atomic E-state index is 0.0427. The fourth-order valence-electron chi connectivity index (χ4n) is 2.07. The summed E-state index contributed by atoms with van der Waals surface area (Å²) in [5, 5.41) is 2.78. The molecule has 18 heavy (non-hydrogen) atoms. The topological polar surface area (TPSA) is 71.2 Å². The number of amides is 1. The van der Waals surface area contributed by atoms with Gasteiger partial charge in [-0.15, -0.1) is 0 Å². The van der Waals surface area contributed by atoms with Crippen LogP contribution in [0.4, 0.5) is 5.82 Å². The molecule has 0 spiro atoms. The van der Waals surface area contributed by atoms with E-state index < -0.39 is 0 Å². The zero-order valence-electron chi connectivity index (χ0n) is 10.1. The highest BCUT2D eigenvalue weighted by Crippen LogP contribution is 2.11. The first kappa shape index (κ1) is 13.5. The normalized spacial score (nSPS) is 20.7. The molecule has 1 aromatic rings. The summed E-state index contributed by atoms with van der Waals surface area (Å²) in [5.74, 6) is 0.531. The summed E-state index contributed by atoms with van der Waals surface area (Å²) in [4.78, 5) is 18.0. The molecule has 3 N–H and O–H groups in total. The van der Waals surface area contributed by atoms with Gasteiger partial charge in [0.1, 0.15) is 5.82 Å². The molecule has 2 heterocycles. The lowest BCUT2D eigenvalue weighted by Crippen LogP contribution is -2.45. The summed E-state index contributed by atoms with van der Waals surface area (Å²) in [6, 6.07) is 3.81. The Hall–Kier alpha value is -0.980. The molecule has 1 aliphatic rings. The molecule has 1 aliphatic heterocycles. The minimum atomic E-state index is -0.0427. The average molecular weight is 313 g/mol. The van der Waals surface area contributed by atoms with Gasteiger partial charge in [0.15, 0.2) is 0 Å². The van der Waals surface area contributed by atoms with Crippen molar-refractivity contribution in [3.8, 4) is 0 Å². The van der Waals surface area contributed by atoms with E-state index in [0.29, 0.717) is 12.4 Å². The van der Waals surface area contributed by atoms with Gasteiger partial charge >= 0.3 is 0 Å². The number of pyridine rings is 1. The van der Waals surface area contributed by atoms with Crippen LogP contribution >= 0.6 is 15.9 Å². The van der Waals surface area contributed by atoms with E-state index in [4.69, 9.17) is 5.73 Å². The molecule has 0 aliphatic carbocycles. The van der Waals surface area contributed by atoms with Crippen LogP contribution in [0.25, 0.3) is 0 Å². The molecule has 1 fully saturated rings. The smallest absolute Gasteiger partial charge is 0.239 e. The molecular formula is C12H17BrN4O. The molecule has 5 nitrogen and oxygen atoms in total. The van der Waals surface area contributed by atoms with Crippen LogP contribution in [-0.4, -0.2) is 41.5 Å². The van der Waals surface area contributed by atoms with Crippen molar-refractivity contribution in [1.29, 1.82) is 0 Å². The van der Waals surface area contributed by atoms with Gasteiger partial charge in [0, 0.05) is 23.3 Å². The molecule has 1 aromatic heterocycles. The number of halogens is 1. The molecule has 0 bridgehead atoms. The van der Waals surface area contributed by atoms with E-state index in [0.717, 1.165) is 30.4 Å². The number of carbonyl (C=O) groups is 1. The van der Waals surface area contributed by atoms with Crippen molar-refractivity contribution >= 4 is 27.7 Å². The van der Waals surface area contributed by atoms with Crippen molar-refractivity contribution < 1.29 is 4.79 Å². The Balaban J connectivity index is 1.83. The number of aromatic nitrogens is 1. The number of piperidine rings is 1. The fourth-order valence-corrected chi connectivity index (χ4v) is 2.30. The molecule has 1 amide bonds. The summed E-state index contributed by atoms with van der Waals surface area (Å²) < 4.78 is 0.891. The van der Waals surface area contributed by atoms with Crippen molar-refractivity contribution in [2.45, 2.75) is 18.9 Å². The summed E-state index contributed by atoms with van der Waals surface area (Å²) in [5.41, 5.74) is 5.88. The molecule has 6 heteroatoms. The molecule has 0 aromatic carbocycles. The lowest BCUT2D eigenvalue weighted by molar-refractivity contribution is -0.117. The van der Waals surface area contributed by atoms with Gasteiger partial charge in [-0.25, -0.2) is 4.98 Å². The average Bonchev–Trinajstić information content (AvgIpc) is 2.32. The van der Waals surface area contributed by atoms with Gasteiger partial charge < -0.3 is 11.1 Å². The number of nitrogens with two attached hydrogens (primary N) is 1. The Morgan fingerprint density at radius 2 is 2.44 bits per heavy atom. The monoisotopic (exact) mass is 312 g/mol. The Kier molecular flexibility index (Phi) is 4.68. The highest BCUT2D eigenvalue weighted by molar-refractivity contribution is 9.10. The first-order valence-corrected chi connectivity index (χ1v) is 6.82. The number of anilines is 1. The molecule has 0 saturated carbocycles. The summed E-state index contributed by atoms with van der Waals surface area (Å²) in [6.45, 7) is 2.11. The second kappa shape index (κ2) is 6.26. The number of hydrogen-bond donors (Lipinski definition) is 2. The largest absolute Gasteiger partial charge is 0.327 e. The van der Waals surface area contributed by atoms with Crippen LogP contribution in [0.15, 0.2) is 22.8 Å². The van der Waals surface area contributed by atoms with Gasteiger partial charge in [0.2, 0.25) is 5.91 Å². The maximum Gasteiger partial charge on any atom is 0.239 e. The quantitative estimate of drug-likeness (QED) is 0.880. The SMILES string of the molecule is NC1CCCN(CC(=O)Nc2ccc(Br)cn2)C1. The van der Waals surface area contributed by atoms with Crippen molar-refractivity contribution in [1.82, 2.24) is 9.88 Å². The van der Waals surface area contributed by atoms with E-state index in [1.807, 2.05) is 6.07 Å². The third-order valence-electron chi connectivity index (χ3n) is 2.90. The van der Waals surface area contributed by atoms with E-state index in [9.17, 15) is 4.79 Å². The predicted octanol–water partition coefficient (Wildman–Crippen LogP) is 1.21. The van der Waals surface area contributed by atoms with Crippen molar-refractivity contribution in [2.24, 2.45) is 5.73 Å². The van der Waals surface area contributed by atoms with E-state index >= 15 is 0 Å². The van der Waals surface area contributed by atoms with E-state index in [2.05, 4.69) is 31.1 Å². The maximum absolute atomic E-state index is 11.8. The zero-order chi connectivity index (χ0) is 13.0. The van der Waals surface area contributed by atoms with Crippen molar-refractivity contribution in [3.05, 3.63) is 22.8 Å². The zero-order valence-corrected chi connectivity index (χ0v) is 11.7. The lowest BCUT2D eigenvalue weighted by atomic mass is 10.1. The van der Waals surface area contributed by atoms with Gasteiger partial charge in [-0.2, -0.15) is 0 Å². The maximum atomic E-state index is 11.8. The number of nitrogens with one attached hydrogen (secondary N) is 1. The molecule has 1 unspecified atom stereocenters. The van der Waals surface area contributed by atoms with E-state index in [1.54, 1.807) is 12.3 Å². The third kappa shape index (κ3) is 4.04. The van der Waals surface area contributed by atoms with Crippen molar-refractivity contribution in [3.63, 3.8) is 0 Å². The van der Waals surface area contributed by atoms with E-state index in [1.165, 1.54) is 0 Å². The second-order valence-electron chi connectivity index (χ2n) is 4.55. The third-order valence-corrected chi connectivity index (χ3v) is 3.37. The van der Waals surface area contributed by atoms with Crippen LogP contribution in [-0.2, 0) is 4.79 Å². The summed E-state index contributed by atoms with van der Waals surface area (Å²) in [7, 11) is 0. The number of rotatable bonds is 3. The van der Waals surface area contributed by atoms with Crippen LogP contribution in [0.3, 0.4) is 0 Å². The van der Waals surface area contributed by atoms with Gasteiger partial charge in [0.05, 0.1) is 6.54 Å². The number of nitrogens with zero attached hydrogens (tertiary/aromatic N) is 2. The standard InChI is InChI=1S/C12H17BrN4O/c13-9-3-4-11(15-6-9)16-12(18)8-17-5-1-2-10(14)7-17/h3-4,6,10H,1-2,5,7-8,14H2,(H,15,16,18). The van der Waals surface area contributed by atoms with Crippen LogP contribution in [0.5, 0.6) is 0 Å². The highest BCUT2D eigenvalue weighted by Gasteiger charge is 2.18. The first-order chi connectivity index (χ1) is 8.63.